The summed E-state index contributed by atoms with van der Waals surface area (Å²) in [7, 11) is 0. The molecule has 0 unspecified atom stereocenters. The van der Waals surface area contributed by atoms with Crippen molar-refractivity contribution in [3.05, 3.63) is 41.7 Å². The number of hydrogen-bond donors (Lipinski definition) is 1. The number of alkyl halides is 1. The molecule has 3 rings (SSSR count). The van der Waals surface area contributed by atoms with Crippen LogP contribution < -0.4 is 4.74 Å². The first-order valence-electron chi connectivity index (χ1n) is 9.13. The van der Waals surface area contributed by atoms with Crippen LogP contribution in [-0.4, -0.2) is 44.7 Å². The maximum atomic E-state index is 15.8. The molecule has 140 valence electrons. The number of ether oxygens (including phenoxy) is 1. The Morgan fingerprint density at radius 1 is 1.42 bits per heavy atom. The highest BCUT2D eigenvalue weighted by Crippen LogP contribution is 2.34. The number of halogens is 1. The highest BCUT2D eigenvalue weighted by molar-refractivity contribution is 5.95. The monoisotopic (exact) mass is 360 g/mol. The molecule has 1 amide bonds. The number of aromatic nitrogens is 3. The lowest BCUT2D eigenvalue weighted by molar-refractivity contribution is -0.0455. The Hall–Kier alpha value is -2.44. The van der Waals surface area contributed by atoms with Crippen molar-refractivity contribution in [2.45, 2.75) is 51.7 Å². The lowest BCUT2D eigenvalue weighted by atomic mass is 9.95. The van der Waals surface area contributed by atoms with E-state index in [1.807, 2.05) is 13.8 Å². The molecule has 0 aromatic carbocycles. The number of nitrogens with zero attached hydrogens (tertiary/aromatic N) is 3. The van der Waals surface area contributed by atoms with Gasteiger partial charge in [0.15, 0.2) is 17.2 Å². The third-order valence-electron chi connectivity index (χ3n) is 4.58. The molecule has 7 heteroatoms. The summed E-state index contributed by atoms with van der Waals surface area (Å²) < 4.78 is 21.5. The number of likely N-dealkylation sites (tertiary alicyclic amines) is 1. The number of rotatable bonds is 6. The minimum atomic E-state index is -1.78. The molecular weight excluding hydrogens is 335 g/mol. The van der Waals surface area contributed by atoms with E-state index in [4.69, 9.17) is 4.74 Å². The number of imidazole rings is 1. The number of amides is 1. The van der Waals surface area contributed by atoms with Crippen molar-refractivity contribution in [1.82, 2.24) is 19.9 Å². The van der Waals surface area contributed by atoms with Crippen molar-refractivity contribution in [3.63, 3.8) is 0 Å². The summed E-state index contributed by atoms with van der Waals surface area (Å²) in [6, 6.07) is 3.53. The summed E-state index contributed by atoms with van der Waals surface area (Å²) in [5.41, 5.74) is 0.881. The molecule has 6 nitrogen and oxygen atoms in total. The van der Waals surface area contributed by atoms with E-state index >= 15 is 4.39 Å². The fourth-order valence-electron chi connectivity index (χ4n) is 3.27. The molecule has 0 radical (unpaired) electrons. The van der Waals surface area contributed by atoms with E-state index in [0.29, 0.717) is 30.4 Å². The smallest absolute Gasteiger partial charge is 0.278 e. The predicted octanol–water partition coefficient (Wildman–Crippen LogP) is 3.44. The molecule has 26 heavy (non-hydrogen) atoms. The second kappa shape index (κ2) is 7.85. The second-order valence-corrected chi connectivity index (χ2v) is 6.69. The lowest BCUT2D eigenvalue weighted by Gasteiger charge is -2.40. The minimum Gasteiger partial charge on any atom is -0.491 e. The molecule has 1 aliphatic heterocycles. The molecule has 1 saturated heterocycles. The summed E-state index contributed by atoms with van der Waals surface area (Å²) in [6.07, 6.45) is 5.91. The number of aromatic amines is 1. The Balaban J connectivity index is 1.90. The van der Waals surface area contributed by atoms with Crippen LogP contribution in [0.2, 0.25) is 0 Å². The maximum Gasteiger partial charge on any atom is 0.278 e. The number of carbonyl (C=O) groups is 1. The standard InChI is InChI=1S/C19H25FN4O2/c1-3-12-26-15-7-6-14(2)23-17(15)18(25)24-11-5-4-8-19(24,20)13-16-21-9-10-22-16/h6-7,9-10H,3-5,8,11-13H2,1-2H3,(H,21,22)/t19-/m1/s1. The fraction of sp³-hybridized carbons (Fsp3) is 0.526. The van der Waals surface area contributed by atoms with Crippen molar-refractivity contribution >= 4 is 5.91 Å². The number of nitrogens with one attached hydrogen (secondary N) is 1. The van der Waals surface area contributed by atoms with E-state index in [-0.39, 0.29) is 18.5 Å². The van der Waals surface area contributed by atoms with Crippen molar-refractivity contribution in [2.24, 2.45) is 0 Å². The molecule has 3 heterocycles. The Kier molecular flexibility index (Phi) is 5.54. The normalized spacial score (nSPS) is 20.2. The Bertz CT molecular complexity index is 750. The number of H-pyrrole nitrogens is 1. The van der Waals surface area contributed by atoms with Crippen LogP contribution in [0.3, 0.4) is 0 Å². The van der Waals surface area contributed by atoms with Crippen LogP contribution in [0, 0.1) is 6.92 Å². The van der Waals surface area contributed by atoms with Gasteiger partial charge in [-0.1, -0.05) is 6.92 Å². The third kappa shape index (κ3) is 3.86. The molecule has 0 aliphatic carbocycles. The van der Waals surface area contributed by atoms with Crippen molar-refractivity contribution in [3.8, 4) is 5.75 Å². The first-order chi connectivity index (χ1) is 12.5. The molecule has 1 fully saturated rings. The zero-order chi connectivity index (χ0) is 18.6. The van der Waals surface area contributed by atoms with Crippen LogP contribution >= 0.6 is 0 Å². The summed E-state index contributed by atoms with van der Waals surface area (Å²) in [4.78, 5) is 25.9. The van der Waals surface area contributed by atoms with Gasteiger partial charge in [0.1, 0.15) is 5.82 Å². The zero-order valence-electron chi connectivity index (χ0n) is 15.3. The van der Waals surface area contributed by atoms with Gasteiger partial charge in [-0.25, -0.2) is 14.4 Å². The molecule has 2 aromatic rings. The van der Waals surface area contributed by atoms with E-state index in [9.17, 15) is 4.79 Å². The average Bonchev–Trinajstić information content (AvgIpc) is 3.13. The van der Waals surface area contributed by atoms with Gasteiger partial charge in [0.25, 0.3) is 5.91 Å². The predicted molar refractivity (Wildman–Crippen MR) is 95.8 cm³/mol. The van der Waals surface area contributed by atoms with Crippen molar-refractivity contribution in [2.75, 3.05) is 13.2 Å². The number of pyridine rings is 1. The third-order valence-corrected chi connectivity index (χ3v) is 4.58. The van der Waals surface area contributed by atoms with Gasteiger partial charge >= 0.3 is 0 Å². The van der Waals surface area contributed by atoms with Crippen LogP contribution in [0.4, 0.5) is 4.39 Å². The molecular formula is C19H25FN4O2. The van der Waals surface area contributed by atoms with Gasteiger partial charge in [-0.2, -0.15) is 0 Å². The number of hydrogen-bond acceptors (Lipinski definition) is 4. The van der Waals surface area contributed by atoms with Gasteiger partial charge in [0.05, 0.1) is 13.0 Å². The molecule has 1 N–H and O–H groups in total. The second-order valence-electron chi connectivity index (χ2n) is 6.69. The van der Waals surface area contributed by atoms with Crippen molar-refractivity contribution in [1.29, 1.82) is 0 Å². The minimum absolute atomic E-state index is 0.0444. The van der Waals surface area contributed by atoms with E-state index in [0.717, 1.165) is 19.3 Å². The van der Waals surface area contributed by atoms with Crippen LogP contribution in [0.1, 0.15) is 54.6 Å². The number of piperidine rings is 1. The lowest BCUT2D eigenvalue weighted by Crippen LogP contribution is -2.53. The molecule has 1 atom stereocenters. The Morgan fingerprint density at radius 2 is 2.27 bits per heavy atom. The summed E-state index contributed by atoms with van der Waals surface area (Å²) in [6.45, 7) is 4.64. The molecule has 0 bridgehead atoms. The SMILES string of the molecule is CCCOc1ccc(C)nc1C(=O)N1CCCC[C@]1(F)Cc1ncc[nH]1. The van der Waals surface area contributed by atoms with Gasteiger partial charge in [-0.3, -0.25) is 4.79 Å². The number of aryl methyl sites for hydroxylation is 1. The maximum absolute atomic E-state index is 15.8. The van der Waals surface area contributed by atoms with E-state index in [2.05, 4.69) is 15.0 Å². The molecule has 2 aromatic heterocycles. The van der Waals surface area contributed by atoms with E-state index in [1.165, 1.54) is 4.90 Å². The zero-order valence-corrected chi connectivity index (χ0v) is 15.3. The van der Waals surface area contributed by atoms with E-state index in [1.54, 1.807) is 24.5 Å². The van der Waals surface area contributed by atoms with E-state index < -0.39 is 11.7 Å². The molecule has 0 spiro atoms. The Morgan fingerprint density at radius 3 is 3.00 bits per heavy atom. The first kappa shape index (κ1) is 18.4. The molecule has 0 saturated carbocycles. The average molecular weight is 360 g/mol. The summed E-state index contributed by atoms with van der Waals surface area (Å²) in [5, 5.41) is 0. The fourth-order valence-corrected chi connectivity index (χ4v) is 3.27. The highest BCUT2D eigenvalue weighted by Gasteiger charge is 2.44. The summed E-state index contributed by atoms with van der Waals surface area (Å²) in [5.74, 6) is -1.26. The van der Waals surface area contributed by atoms with Crippen LogP contribution in [0.25, 0.3) is 0 Å². The largest absolute Gasteiger partial charge is 0.491 e. The first-order valence-corrected chi connectivity index (χ1v) is 9.13. The van der Waals surface area contributed by atoms with Crippen molar-refractivity contribution < 1.29 is 13.9 Å². The topological polar surface area (TPSA) is 71.1 Å². The van der Waals surface area contributed by atoms with Crippen LogP contribution in [-0.2, 0) is 6.42 Å². The Labute approximate surface area is 152 Å². The van der Waals surface area contributed by atoms with Gasteiger partial charge in [-0.05, 0) is 38.3 Å². The highest BCUT2D eigenvalue weighted by atomic mass is 19.1. The van der Waals surface area contributed by atoms with Gasteiger partial charge in [-0.15, -0.1) is 0 Å². The van der Waals surface area contributed by atoms with Gasteiger partial charge in [0, 0.05) is 31.1 Å². The quantitative estimate of drug-likeness (QED) is 0.801. The molecule has 1 aliphatic rings. The number of carbonyl (C=O) groups excluding carboxylic acids is 1. The van der Waals surface area contributed by atoms with Gasteiger partial charge in [0.2, 0.25) is 0 Å². The summed E-state index contributed by atoms with van der Waals surface area (Å²) >= 11 is 0. The van der Waals surface area contributed by atoms with Crippen LogP contribution in [0.15, 0.2) is 24.5 Å². The van der Waals surface area contributed by atoms with Crippen LogP contribution in [0.5, 0.6) is 5.75 Å². The van der Waals surface area contributed by atoms with Gasteiger partial charge < -0.3 is 14.6 Å².